The van der Waals surface area contributed by atoms with Crippen LogP contribution in [0, 0.1) is 6.92 Å². The van der Waals surface area contributed by atoms with Crippen molar-refractivity contribution in [2.75, 3.05) is 7.05 Å². The molecule has 1 aromatic carbocycles. The molecule has 0 fully saturated rings. The third-order valence-electron chi connectivity index (χ3n) is 2.65. The molecule has 0 bridgehead atoms. The fourth-order valence-corrected chi connectivity index (χ4v) is 3.05. The number of benzene rings is 1. The van der Waals surface area contributed by atoms with Gasteiger partial charge in [0, 0.05) is 23.0 Å². The van der Waals surface area contributed by atoms with Gasteiger partial charge in [0.05, 0.1) is 0 Å². The van der Waals surface area contributed by atoms with Crippen LogP contribution in [0.5, 0.6) is 0 Å². The predicted molar refractivity (Wildman–Crippen MR) is 76.8 cm³/mol. The Morgan fingerprint density at radius 2 is 2.17 bits per heavy atom. The molecule has 0 radical (unpaired) electrons. The van der Waals surface area contributed by atoms with Crippen LogP contribution in [0.3, 0.4) is 0 Å². The largest absolute Gasteiger partial charge is 0.316 e. The Bertz CT molecular complexity index is 553. The van der Waals surface area contributed by atoms with Crippen LogP contribution in [-0.2, 0) is 13.6 Å². The smallest absolute Gasteiger partial charge is 0.195 e. The maximum absolute atomic E-state index is 4.18. The summed E-state index contributed by atoms with van der Waals surface area (Å²) in [5.74, 6) is 0.919. The van der Waals surface area contributed by atoms with Crippen LogP contribution in [0.1, 0.15) is 11.4 Å². The molecule has 0 aliphatic carbocycles. The zero-order valence-electron chi connectivity index (χ0n) is 10.6. The highest BCUT2D eigenvalue weighted by Gasteiger charge is 2.10. The maximum atomic E-state index is 4.18. The van der Waals surface area contributed by atoms with E-state index in [1.165, 1.54) is 10.5 Å². The quantitative estimate of drug-likeness (QED) is 0.938. The molecular weight excluding hydrogens is 312 g/mol. The molecule has 6 heteroatoms. The minimum Gasteiger partial charge on any atom is -0.316 e. The van der Waals surface area contributed by atoms with Gasteiger partial charge in [0.15, 0.2) is 5.16 Å². The molecule has 0 aliphatic heterocycles. The van der Waals surface area contributed by atoms with Crippen LogP contribution < -0.4 is 5.32 Å². The standard InChI is InChI=1S/C12H15BrN4S/c1-8-15-16-12(17(8)3)18-11-6-10(13)5-4-9(11)7-14-2/h4-6,14H,7H2,1-3H3. The van der Waals surface area contributed by atoms with Gasteiger partial charge in [-0.15, -0.1) is 10.2 Å². The molecular formula is C12H15BrN4S. The van der Waals surface area contributed by atoms with Gasteiger partial charge < -0.3 is 9.88 Å². The van der Waals surface area contributed by atoms with Gasteiger partial charge in [-0.1, -0.05) is 22.0 Å². The molecule has 0 saturated heterocycles. The van der Waals surface area contributed by atoms with Crippen molar-refractivity contribution in [3.05, 3.63) is 34.1 Å². The zero-order chi connectivity index (χ0) is 13.1. The lowest BCUT2D eigenvalue weighted by molar-refractivity contribution is 0.763. The molecule has 0 atom stereocenters. The molecule has 2 rings (SSSR count). The van der Waals surface area contributed by atoms with E-state index >= 15 is 0 Å². The van der Waals surface area contributed by atoms with E-state index in [4.69, 9.17) is 0 Å². The van der Waals surface area contributed by atoms with Crippen molar-refractivity contribution in [2.45, 2.75) is 23.5 Å². The molecule has 0 unspecified atom stereocenters. The highest BCUT2D eigenvalue weighted by Crippen LogP contribution is 2.31. The number of hydrogen-bond acceptors (Lipinski definition) is 4. The van der Waals surface area contributed by atoms with E-state index in [-0.39, 0.29) is 0 Å². The second kappa shape index (κ2) is 5.86. The van der Waals surface area contributed by atoms with Crippen molar-refractivity contribution in [1.29, 1.82) is 0 Å². The summed E-state index contributed by atoms with van der Waals surface area (Å²) in [5.41, 5.74) is 1.26. The molecule has 1 N–H and O–H groups in total. The number of halogens is 1. The van der Waals surface area contributed by atoms with Gasteiger partial charge in [-0.2, -0.15) is 0 Å². The molecule has 0 saturated carbocycles. The van der Waals surface area contributed by atoms with Crippen LogP contribution in [-0.4, -0.2) is 21.8 Å². The minimum absolute atomic E-state index is 0.840. The summed E-state index contributed by atoms with van der Waals surface area (Å²) >= 11 is 5.14. The van der Waals surface area contributed by atoms with Crippen molar-refractivity contribution in [3.63, 3.8) is 0 Å². The lowest BCUT2D eigenvalue weighted by atomic mass is 10.2. The highest BCUT2D eigenvalue weighted by molar-refractivity contribution is 9.10. The second-order valence-electron chi connectivity index (χ2n) is 3.97. The first-order chi connectivity index (χ1) is 8.61. The van der Waals surface area contributed by atoms with Crippen LogP contribution in [0.4, 0.5) is 0 Å². The summed E-state index contributed by atoms with van der Waals surface area (Å²) in [6.07, 6.45) is 0. The van der Waals surface area contributed by atoms with Gasteiger partial charge in [-0.05, 0) is 43.4 Å². The zero-order valence-corrected chi connectivity index (χ0v) is 13.0. The highest BCUT2D eigenvalue weighted by atomic mass is 79.9. The first-order valence-electron chi connectivity index (χ1n) is 5.58. The number of rotatable bonds is 4. The molecule has 0 amide bonds. The number of nitrogens with one attached hydrogen (secondary N) is 1. The van der Waals surface area contributed by atoms with Gasteiger partial charge in [0.2, 0.25) is 0 Å². The Labute approximate surface area is 119 Å². The van der Waals surface area contributed by atoms with E-state index in [0.29, 0.717) is 0 Å². The Kier molecular flexibility index (Phi) is 4.42. The van der Waals surface area contributed by atoms with Crippen molar-refractivity contribution in [3.8, 4) is 0 Å². The van der Waals surface area contributed by atoms with E-state index in [1.807, 2.05) is 25.6 Å². The van der Waals surface area contributed by atoms with Gasteiger partial charge in [0.1, 0.15) is 5.82 Å². The van der Waals surface area contributed by atoms with Crippen LogP contribution in [0.15, 0.2) is 32.7 Å². The average Bonchev–Trinajstić information content (AvgIpc) is 2.65. The number of aromatic nitrogens is 3. The van der Waals surface area contributed by atoms with Gasteiger partial charge in [-0.25, -0.2) is 0 Å². The third-order valence-corrected chi connectivity index (χ3v) is 4.28. The second-order valence-corrected chi connectivity index (χ2v) is 5.90. The molecule has 2 aromatic rings. The summed E-state index contributed by atoms with van der Waals surface area (Å²) in [4.78, 5) is 1.19. The van der Waals surface area contributed by atoms with E-state index in [0.717, 1.165) is 22.0 Å². The van der Waals surface area contributed by atoms with Crippen molar-refractivity contribution < 1.29 is 0 Å². The molecule has 0 aliphatic rings. The molecule has 1 heterocycles. The van der Waals surface area contributed by atoms with Gasteiger partial charge in [0.25, 0.3) is 0 Å². The number of aryl methyl sites for hydroxylation is 1. The number of hydrogen-bond donors (Lipinski definition) is 1. The molecule has 18 heavy (non-hydrogen) atoms. The fourth-order valence-electron chi connectivity index (χ4n) is 1.53. The maximum Gasteiger partial charge on any atom is 0.195 e. The summed E-state index contributed by atoms with van der Waals surface area (Å²) in [6.45, 7) is 2.79. The molecule has 4 nitrogen and oxygen atoms in total. The Morgan fingerprint density at radius 3 is 2.78 bits per heavy atom. The van der Waals surface area contributed by atoms with Gasteiger partial charge >= 0.3 is 0 Å². The Balaban J connectivity index is 2.32. The van der Waals surface area contributed by atoms with E-state index in [1.54, 1.807) is 11.8 Å². The average molecular weight is 327 g/mol. The van der Waals surface area contributed by atoms with Crippen molar-refractivity contribution >= 4 is 27.7 Å². The SMILES string of the molecule is CNCc1ccc(Br)cc1Sc1nnc(C)n1C. The monoisotopic (exact) mass is 326 g/mol. The first-order valence-corrected chi connectivity index (χ1v) is 7.19. The first kappa shape index (κ1) is 13.6. The summed E-state index contributed by atoms with van der Waals surface area (Å²) in [6, 6.07) is 6.28. The normalized spacial score (nSPS) is 10.9. The Hall–Kier alpha value is -0.850. The number of nitrogens with zero attached hydrogens (tertiary/aromatic N) is 3. The van der Waals surface area contributed by atoms with E-state index < -0.39 is 0 Å². The lowest BCUT2D eigenvalue weighted by Crippen LogP contribution is -2.06. The third kappa shape index (κ3) is 2.93. The molecule has 96 valence electrons. The Morgan fingerprint density at radius 1 is 1.39 bits per heavy atom. The molecule has 0 spiro atoms. The summed E-state index contributed by atoms with van der Waals surface area (Å²) in [7, 11) is 3.93. The van der Waals surface area contributed by atoms with Crippen LogP contribution in [0.25, 0.3) is 0 Å². The van der Waals surface area contributed by atoms with Crippen molar-refractivity contribution in [2.24, 2.45) is 7.05 Å². The fraction of sp³-hybridized carbons (Fsp3) is 0.333. The van der Waals surface area contributed by atoms with Gasteiger partial charge in [-0.3, -0.25) is 0 Å². The topological polar surface area (TPSA) is 42.7 Å². The lowest BCUT2D eigenvalue weighted by Gasteiger charge is -2.09. The summed E-state index contributed by atoms with van der Waals surface area (Å²) < 4.78 is 3.07. The van der Waals surface area contributed by atoms with E-state index in [2.05, 4.69) is 49.6 Å². The molecule has 1 aromatic heterocycles. The van der Waals surface area contributed by atoms with Crippen LogP contribution in [0.2, 0.25) is 0 Å². The van der Waals surface area contributed by atoms with Crippen molar-refractivity contribution in [1.82, 2.24) is 20.1 Å². The summed E-state index contributed by atoms with van der Waals surface area (Å²) in [5, 5.41) is 12.3. The van der Waals surface area contributed by atoms with Crippen LogP contribution >= 0.6 is 27.7 Å². The minimum atomic E-state index is 0.840. The predicted octanol–water partition coefficient (Wildman–Crippen LogP) is 2.76. The van der Waals surface area contributed by atoms with E-state index in [9.17, 15) is 0 Å².